The maximum atomic E-state index is 13.6. The van der Waals surface area contributed by atoms with E-state index in [1.165, 1.54) is 18.3 Å². The van der Waals surface area contributed by atoms with E-state index in [9.17, 15) is 48.0 Å². The van der Waals surface area contributed by atoms with Crippen LogP contribution in [0.4, 0.5) is 5.82 Å². The number of imidazole rings is 1. The number of methoxy groups -OCH3 is 1. The van der Waals surface area contributed by atoms with E-state index in [0.717, 1.165) is 38.5 Å². The number of aromatic nitrogens is 4. The van der Waals surface area contributed by atoms with Crippen molar-refractivity contribution in [3.63, 3.8) is 0 Å². The number of likely N-dealkylation sites (tertiary alicyclic amines) is 1. The lowest BCUT2D eigenvalue weighted by atomic mass is 10.0. The lowest BCUT2D eigenvalue weighted by Crippen LogP contribution is -2.58. The molecule has 3 heterocycles. The van der Waals surface area contributed by atoms with Crippen LogP contribution in [-0.2, 0) is 65.8 Å². The quantitative estimate of drug-likeness (QED) is 0.0340. The number of amides is 3. The number of hydrogen-bond donors (Lipinski definition) is 9. The minimum atomic E-state index is -4.43. The third-order valence-corrected chi connectivity index (χ3v) is 16.6. The summed E-state index contributed by atoms with van der Waals surface area (Å²) in [7, 11) is -7.26. The number of carbonyl (C=O) groups excluding carboxylic acids is 5. The predicted octanol–water partition coefficient (Wildman–Crippen LogP) is 2.73. The molecule has 2 aromatic rings. The first-order valence-electron chi connectivity index (χ1n) is 29.2. The largest absolute Gasteiger partial charge is 0.391 e. The molecule has 2 unspecified atom stereocenters. The Morgan fingerprint density at radius 2 is 1.27 bits per heavy atom. The molecule has 0 bridgehead atoms. The van der Waals surface area contributed by atoms with Gasteiger partial charge in [-0.3, -0.25) is 33.1 Å². The molecule has 1 aliphatic heterocycles. The highest BCUT2D eigenvalue weighted by Gasteiger charge is 2.41. The van der Waals surface area contributed by atoms with Gasteiger partial charge >= 0.3 is 15.2 Å². The van der Waals surface area contributed by atoms with Gasteiger partial charge in [-0.1, -0.05) is 25.7 Å². The number of carbonyl (C=O) groups is 5. The first-order valence-corrected chi connectivity index (χ1v) is 32.7. The molecule has 2 fully saturated rings. The number of aliphatic hydroxyl groups is 1. The van der Waals surface area contributed by atoms with Crippen LogP contribution in [-0.4, -0.2) is 198 Å². The zero-order valence-corrected chi connectivity index (χ0v) is 50.3. The van der Waals surface area contributed by atoms with E-state index in [-0.39, 0.29) is 139 Å². The van der Waals surface area contributed by atoms with Crippen molar-refractivity contribution in [2.75, 3.05) is 111 Å². The van der Waals surface area contributed by atoms with Crippen LogP contribution >= 0.6 is 15.2 Å². The molecule has 2 aromatic heterocycles. The number of Topliss-reactive ketones (excluding diaryl/α,β-unsaturated/α-hetero) is 2. The number of nitrogens with two attached hydrogens (primary N) is 4. The summed E-state index contributed by atoms with van der Waals surface area (Å²) in [5, 5.41) is 16.4. The van der Waals surface area contributed by atoms with Gasteiger partial charge in [0.25, 0.3) is 0 Å². The SMILES string of the molecule is COCP(=O)(O)OC[C@H]1C[C@@H](n2cnc3c(N)ncnc32)C[C@@H]1OCP(=O)(O)OC[C@@H]1C[C@@H](O)CN1C(=O)CCCCCCCCC(=O)NC(COCCC(=O)CCCCN)(COCCC(=O)CCCCN)COCCC(=O)NCCCN. The molecule has 0 spiro atoms. The van der Waals surface area contributed by atoms with Crippen molar-refractivity contribution < 1.29 is 80.7 Å². The third kappa shape index (κ3) is 27.5. The third-order valence-electron chi connectivity index (χ3n) is 14.4. The van der Waals surface area contributed by atoms with Crippen molar-refractivity contribution in [1.82, 2.24) is 35.1 Å². The average Bonchev–Trinajstić information content (AvgIpc) is 4.41. The molecule has 1 aliphatic carbocycles. The van der Waals surface area contributed by atoms with Gasteiger partial charge in [0.05, 0.1) is 77.4 Å². The van der Waals surface area contributed by atoms with Gasteiger partial charge in [0.15, 0.2) is 11.5 Å². The lowest BCUT2D eigenvalue weighted by Gasteiger charge is -2.34. The summed E-state index contributed by atoms with van der Waals surface area (Å²) in [5.41, 5.74) is 22.4. The summed E-state index contributed by atoms with van der Waals surface area (Å²) < 4.78 is 67.4. The van der Waals surface area contributed by atoms with E-state index in [1.54, 1.807) is 10.9 Å². The maximum absolute atomic E-state index is 13.6. The number of aliphatic hydroxyl groups excluding tert-OH is 1. The molecule has 1 saturated heterocycles. The molecule has 13 N–H and O–H groups in total. The summed E-state index contributed by atoms with van der Waals surface area (Å²) in [6.07, 6.45) is 10.1. The van der Waals surface area contributed by atoms with Crippen molar-refractivity contribution in [2.24, 2.45) is 23.1 Å². The summed E-state index contributed by atoms with van der Waals surface area (Å²) in [6.45, 7) is 1.46. The summed E-state index contributed by atoms with van der Waals surface area (Å²) in [5.74, 6) is -0.949. The number of nitrogens with one attached hydrogen (secondary N) is 2. The number of nitrogens with zero attached hydrogens (tertiary/aromatic N) is 5. The Labute approximate surface area is 487 Å². The fourth-order valence-electron chi connectivity index (χ4n) is 9.94. The first-order chi connectivity index (χ1) is 39.8. The Morgan fingerprint density at radius 3 is 1.89 bits per heavy atom. The van der Waals surface area contributed by atoms with E-state index >= 15 is 0 Å². The molecule has 474 valence electrons. The molecule has 30 heteroatoms. The molecular formula is C53H95N11O17P2. The van der Waals surface area contributed by atoms with Crippen LogP contribution in [0.3, 0.4) is 0 Å². The topological polar surface area (TPSA) is 420 Å². The Kier molecular flexibility index (Phi) is 33.6. The van der Waals surface area contributed by atoms with Crippen molar-refractivity contribution in [3.05, 3.63) is 12.7 Å². The minimum Gasteiger partial charge on any atom is -0.391 e. The lowest BCUT2D eigenvalue weighted by molar-refractivity contribution is -0.133. The molecule has 0 aromatic carbocycles. The van der Waals surface area contributed by atoms with Gasteiger partial charge in [-0.25, -0.2) is 15.0 Å². The van der Waals surface area contributed by atoms with Gasteiger partial charge in [0.1, 0.15) is 41.6 Å². The van der Waals surface area contributed by atoms with Crippen molar-refractivity contribution in [2.45, 2.75) is 165 Å². The highest BCUT2D eigenvalue weighted by atomic mass is 31.2. The van der Waals surface area contributed by atoms with Gasteiger partial charge in [-0.05, 0) is 83.8 Å². The van der Waals surface area contributed by atoms with Crippen LogP contribution in [0.5, 0.6) is 0 Å². The van der Waals surface area contributed by atoms with Crippen LogP contribution in [0.1, 0.15) is 141 Å². The number of anilines is 1. The Hall–Kier alpha value is -3.96. The van der Waals surface area contributed by atoms with Crippen LogP contribution in [0.2, 0.25) is 0 Å². The smallest absolute Gasteiger partial charge is 0.353 e. The van der Waals surface area contributed by atoms with Crippen molar-refractivity contribution >= 4 is 61.5 Å². The second-order valence-electron chi connectivity index (χ2n) is 21.6. The van der Waals surface area contributed by atoms with Crippen LogP contribution in [0, 0.1) is 5.92 Å². The number of ether oxygens (including phenoxy) is 5. The second kappa shape index (κ2) is 39.0. The highest BCUT2D eigenvalue weighted by Crippen LogP contribution is 2.48. The Balaban J connectivity index is 1.24. The van der Waals surface area contributed by atoms with Gasteiger partial charge < -0.3 is 90.7 Å². The number of ketones is 2. The summed E-state index contributed by atoms with van der Waals surface area (Å²) in [6, 6.07) is -0.955. The van der Waals surface area contributed by atoms with E-state index in [2.05, 4.69) is 25.6 Å². The van der Waals surface area contributed by atoms with Gasteiger partial charge in [0, 0.05) is 77.1 Å². The maximum Gasteiger partial charge on any atom is 0.353 e. The van der Waals surface area contributed by atoms with E-state index < -0.39 is 57.6 Å². The number of unbranched alkanes of at least 4 members (excludes halogenated alkanes) is 7. The van der Waals surface area contributed by atoms with Crippen LogP contribution in [0.25, 0.3) is 11.2 Å². The second-order valence-corrected chi connectivity index (χ2v) is 25.2. The molecular weight excluding hydrogens is 1120 g/mol. The molecule has 2 aliphatic rings. The average molecular weight is 1220 g/mol. The first kappa shape index (κ1) is 71.5. The van der Waals surface area contributed by atoms with E-state index in [4.69, 9.17) is 55.7 Å². The molecule has 7 atom stereocenters. The van der Waals surface area contributed by atoms with Gasteiger partial charge in [-0.15, -0.1) is 0 Å². The van der Waals surface area contributed by atoms with Crippen LogP contribution in [0.15, 0.2) is 12.7 Å². The standard InChI is InChI=1S/C53H95N11O17P2/c1-75-38-82(71,72)80-31-40-27-41(64-37-61-50-51(57)59-36-60-52(50)64)29-46(40)79-39-83(73,74)81-32-42-28-45(67)30-63(42)49(70)16-7-5-3-2-4-6-15-48(69)62-53(33-76-24-17-43(65)13-8-10-20-54,34-77-25-18-44(66)14-9-11-21-55)35-78-26-19-47(68)58-23-12-22-56/h36-37,40-42,45-46,67H,2-35,38-39,54-56H2,1H3,(H,58,68)(H,62,69)(H,71,72)(H,73,74)(H2,57,59,60)/t40-,41-,42+,45-,46+/m1/s1. The molecule has 0 radical (unpaired) electrons. The van der Waals surface area contributed by atoms with Gasteiger partial charge in [0.2, 0.25) is 17.7 Å². The number of β-amino-alcohol motifs (C(OH)–C–C–N with tert-alkyl or cyclic N) is 1. The predicted molar refractivity (Wildman–Crippen MR) is 307 cm³/mol. The Morgan fingerprint density at radius 1 is 0.687 bits per heavy atom. The molecule has 3 amide bonds. The summed E-state index contributed by atoms with van der Waals surface area (Å²) >= 11 is 0. The number of rotatable bonds is 48. The summed E-state index contributed by atoms with van der Waals surface area (Å²) in [4.78, 5) is 99.8. The van der Waals surface area contributed by atoms with E-state index in [0.29, 0.717) is 95.1 Å². The zero-order chi connectivity index (χ0) is 60.5. The molecule has 28 nitrogen and oxygen atoms in total. The molecule has 4 rings (SSSR count). The number of fused-ring (bicyclic) bond motifs is 1. The zero-order valence-electron chi connectivity index (χ0n) is 48.5. The van der Waals surface area contributed by atoms with Crippen LogP contribution < -0.4 is 33.6 Å². The van der Waals surface area contributed by atoms with Gasteiger partial charge in [-0.2, -0.15) is 0 Å². The highest BCUT2D eigenvalue weighted by molar-refractivity contribution is 7.52. The number of nitrogen functional groups attached to an aromatic ring is 1. The number of hydrogen-bond acceptors (Lipinski definition) is 22. The van der Waals surface area contributed by atoms with Crippen molar-refractivity contribution in [3.8, 4) is 0 Å². The molecule has 83 heavy (non-hydrogen) atoms. The fraction of sp³-hybridized carbons (Fsp3) is 0.811. The molecule has 1 saturated carbocycles. The van der Waals surface area contributed by atoms with E-state index in [1.807, 2.05) is 0 Å². The minimum absolute atomic E-state index is 0.0340. The normalized spacial score (nSPS) is 19.7. The Bertz CT molecular complexity index is 2280. The van der Waals surface area contributed by atoms with Crippen molar-refractivity contribution in [1.29, 1.82) is 0 Å². The monoisotopic (exact) mass is 1220 g/mol. The fourth-order valence-corrected chi connectivity index (χ4v) is 11.6.